The van der Waals surface area contributed by atoms with E-state index >= 15 is 0 Å². The Bertz CT molecular complexity index is 633. The molecule has 0 aromatic heterocycles. The van der Waals surface area contributed by atoms with E-state index in [1.807, 2.05) is 13.0 Å². The van der Waals surface area contributed by atoms with Gasteiger partial charge in [-0.3, -0.25) is 0 Å². The molecule has 156 valence electrons. The summed E-state index contributed by atoms with van der Waals surface area (Å²) in [6, 6.07) is 0. The molecule has 1 unspecified atom stereocenters. The predicted octanol–water partition coefficient (Wildman–Crippen LogP) is 3.40. The zero-order valence-corrected chi connectivity index (χ0v) is 16.8. The molecular formula is C23H34O5. The van der Waals surface area contributed by atoms with Gasteiger partial charge in [0.2, 0.25) is 0 Å². The van der Waals surface area contributed by atoms with Crippen LogP contribution in [0, 0.1) is 29.1 Å². The van der Waals surface area contributed by atoms with Crippen molar-refractivity contribution in [2.45, 2.75) is 83.0 Å². The SMILES string of the molecule is CC#CCC1(CC=C[C@H]2CCC[C@@H]2CC=CCC(O)C(O)(O)C(=O)O)CCC1. The molecule has 2 aliphatic rings. The summed E-state index contributed by atoms with van der Waals surface area (Å²) in [4.78, 5) is 10.7. The Morgan fingerprint density at radius 3 is 2.57 bits per heavy atom. The molecule has 0 aliphatic heterocycles. The summed E-state index contributed by atoms with van der Waals surface area (Å²) in [6.45, 7) is 1.90. The number of hydrogen-bond donors (Lipinski definition) is 4. The maximum atomic E-state index is 10.7. The van der Waals surface area contributed by atoms with Gasteiger partial charge in [-0.05, 0) is 69.1 Å². The summed E-state index contributed by atoms with van der Waals surface area (Å²) in [5, 5.41) is 36.9. The minimum atomic E-state index is -3.11. The van der Waals surface area contributed by atoms with Gasteiger partial charge in [-0.1, -0.05) is 37.1 Å². The van der Waals surface area contributed by atoms with E-state index < -0.39 is 17.9 Å². The predicted molar refractivity (Wildman–Crippen MR) is 108 cm³/mol. The van der Waals surface area contributed by atoms with E-state index in [-0.39, 0.29) is 6.42 Å². The molecule has 28 heavy (non-hydrogen) atoms. The first kappa shape index (κ1) is 22.7. The normalized spacial score (nSPS) is 25.4. The molecule has 2 aliphatic carbocycles. The van der Waals surface area contributed by atoms with E-state index in [0.717, 1.165) is 25.7 Å². The van der Waals surface area contributed by atoms with Crippen LogP contribution in [0.4, 0.5) is 0 Å². The molecule has 2 rings (SSSR count). The highest BCUT2D eigenvalue weighted by molar-refractivity contribution is 5.75. The lowest BCUT2D eigenvalue weighted by atomic mass is 9.64. The first-order chi connectivity index (χ1) is 13.3. The van der Waals surface area contributed by atoms with Crippen LogP contribution in [0.2, 0.25) is 0 Å². The van der Waals surface area contributed by atoms with Gasteiger partial charge in [-0.2, -0.15) is 0 Å². The standard InChI is InChI=1S/C23H34O5/c1-2-3-14-22(16-8-17-22)15-7-12-19-11-6-10-18(19)9-4-5-13-20(24)23(27,28)21(25)26/h4-5,7,12,18-20,24,27-28H,6,8-11,13-17H2,1H3,(H,25,26)/t18-,19+,20?/m0/s1. The number of carboxylic acids is 1. The molecule has 0 amide bonds. The molecule has 0 heterocycles. The van der Waals surface area contributed by atoms with Crippen molar-refractivity contribution in [1.29, 1.82) is 0 Å². The highest BCUT2D eigenvalue weighted by Gasteiger charge is 2.41. The van der Waals surface area contributed by atoms with Crippen LogP contribution in [0.5, 0.6) is 0 Å². The summed E-state index contributed by atoms with van der Waals surface area (Å²) in [5.41, 5.74) is 0.398. The maximum Gasteiger partial charge on any atom is 0.366 e. The van der Waals surface area contributed by atoms with E-state index in [0.29, 0.717) is 17.3 Å². The van der Waals surface area contributed by atoms with Gasteiger partial charge in [0.25, 0.3) is 5.79 Å². The molecule has 0 bridgehead atoms. The Hall–Kier alpha value is -1.61. The van der Waals surface area contributed by atoms with Gasteiger partial charge < -0.3 is 20.4 Å². The van der Waals surface area contributed by atoms with E-state index in [9.17, 15) is 20.1 Å². The fraction of sp³-hybridized carbons (Fsp3) is 0.696. The Balaban J connectivity index is 1.79. The molecule has 0 radical (unpaired) electrons. The average Bonchev–Trinajstić information content (AvgIpc) is 3.07. The minimum Gasteiger partial charge on any atom is -0.477 e. The van der Waals surface area contributed by atoms with Crippen LogP contribution in [0.3, 0.4) is 0 Å². The number of rotatable bonds is 10. The summed E-state index contributed by atoms with van der Waals surface area (Å²) in [7, 11) is 0. The molecule has 5 heteroatoms. The summed E-state index contributed by atoms with van der Waals surface area (Å²) in [5.74, 6) is 2.42. The maximum absolute atomic E-state index is 10.7. The Kier molecular flexibility index (Phi) is 8.30. The van der Waals surface area contributed by atoms with Crippen molar-refractivity contribution in [1.82, 2.24) is 0 Å². The first-order valence-corrected chi connectivity index (χ1v) is 10.4. The fourth-order valence-corrected chi connectivity index (χ4v) is 4.31. The number of aliphatic hydroxyl groups excluding tert-OH is 1. The lowest BCUT2D eigenvalue weighted by molar-refractivity contribution is -0.235. The molecule has 0 spiro atoms. The van der Waals surface area contributed by atoms with Crippen molar-refractivity contribution < 1.29 is 25.2 Å². The molecule has 2 fully saturated rings. The second kappa shape index (κ2) is 10.2. The Morgan fingerprint density at radius 2 is 1.96 bits per heavy atom. The van der Waals surface area contributed by atoms with Crippen molar-refractivity contribution in [2.75, 3.05) is 0 Å². The zero-order chi connectivity index (χ0) is 20.6. The summed E-state index contributed by atoms with van der Waals surface area (Å²) in [6.07, 6.45) is 16.8. The van der Waals surface area contributed by atoms with Crippen LogP contribution in [0.1, 0.15) is 71.1 Å². The van der Waals surface area contributed by atoms with Gasteiger partial charge in [0, 0.05) is 6.42 Å². The number of aliphatic carboxylic acids is 1. The minimum absolute atomic E-state index is 0.104. The van der Waals surface area contributed by atoms with Gasteiger partial charge >= 0.3 is 5.97 Å². The van der Waals surface area contributed by atoms with Crippen molar-refractivity contribution in [3.63, 3.8) is 0 Å². The first-order valence-electron chi connectivity index (χ1n) is 10.4. The largest absolute Gasteiger partial charge is 0.477 e. The lowest BCUT2D eigenvalue weighted by Crippen LogP contribution is -2.49. The molecular weight excluding hydrogens is 356 g/mol. The number of carboxylic acid groups (broad SMARTS) is 1. The molecule has 0 aromatic carbocycles. The lowest BCUT2D eigenvalue weighted by Gasteiger charge is -2.40. The average molecular weight is 391 g/mol. The van der Waals surface area contributed by atoms with Crippen molar-refractivity contribution in [2.24, 2.45) is 17.3 Å². The number of carbonyl (C=O) groups is 1. The van der Waals surface area contributed by atoms with Crippen LogP contribution in [0.15, 0.2) is 24.3 Å². The van der Waals surface area contributed by atoms with Crippen LogP contribution < -0.4 is 0 Å². The molecule has 0 aromatic rings. The molecule has 5 nitrogen and oxygen atoms in total. The third kappa shape index (κ3) is 5.94. The van der Waals surface area contributed by atoms with Gasteiger partial charge in [0.1, 0.15) is 6.10 Å². The Labute approximate surface area is 168 Å². The number of allylic oxidation sites excluding steroid dienone is 3. The number of aliphatic hydroxyl groups is 3. The smallest absolute Gasteiger partial charge is 0.366 e. The summed E-state index contributed by atoms with van der Waals surface area (Å²) < 4.78 is 0. The topological polar surface area (TPSA) is 98.0 Å². The van der Waals surface area contributed by atoms with E-state index in [4.69, 9.17) is 5.11 Å². The van der Waals surface area contributed by atoms with Crippen LogP contribution >= 0.6 is 0 Å². The van der Waals surface area contributed by atoms with Gasteiger partial charge in [-0.15, -0.1) is 11.8 Å². The summed E-state index contributed by atoms with van der Waals surface area (Å²) >= 11 is 0. The number of hydrogen-bond acceptors (Lipinski definition) is 4. The van der Waals surface area contributed by atoms with Gasteiger partial charge in [-0.25, -0.2) is 4.79 Å². The van der Waals surface area contributed by atoms with Gasteiger partial charge in [0.05, 0.1) is 0 Å². The fourth-order valence-electron chi connectivity index (χ4n) is 4.31. The van der Waals surface area contributed by atoms with Crippen molar-refractivity contribution in [3.05, 3.63) is 24.3 Å². The molecule has 4 N–H and O–H groups in total. The van der Waals surface area contributed by atoms with Crippen LogP contribution in [-0.4, -0.2) is 38.3 Å². The highest BCUT2D eigenvalue weighted by Crippen LogP contribution is 2.47. The molecule has 2 saturated carbocycles. The second-order valence-corrected chi connectivity index (χ2v) is 8.43. The van der Waals surface area contributed by atoms with Crippen LogP contribution in [0.25, 0.3) is 0 Å². The zero-order valence-electron chi connectivity index (χ0n) is 16.8. The van der Waals surface area contributed by atoms with E-state index in [1.54, 1.807) is 6.08 Å². The Morgan fingerprint density at radius 1 is 1.21 bits per heavy atom. The van der Waals surface area contributed by atoms with E-state index in [1.165, 1.54) is 32.1 Å². The highest BCUT2D eigenvalue weighted by atomic mass is 16.6. The quantitative estimate of drug-likeness (QED) is 0.260. The monoisotopic (exact) mass is 390 g/mol. The van der Waals surface area contributed by atoms with Gasteiger partial charge in [0.15, 0.2) is 0 Å². The van der Waals surface area contributed by atoms with Crippen LogP contribution in [-0.2, 0) is 4.79 Å². The van der Waals surface area contributed by atoms with E-state index in [2.05, 4.69) is 24.0 Å². The third-order valence-corrected chi connectivity index (χ3v) is 6.45. The third-order valence-electron chi connectivity index (χ3n) is 6.45. The molecule has 3 atom stereocenters. The molecule has 0 saturated heterocycles. The van der Waals surface area contributed by atoms with Crippen molar-refractivity contribution in [3.8, 4) is 11.8 Å². The second-order valence-electron chi connectivity index (χ2n) is 8.43. The van der Waals surface area contributed by atoms with Crippen molar-refractivity contribution >= 4 is 5.97 Å².